The van der Waals surface area contributed by atoms with Crippen molar-refractivity contribution in [2.24, 2.45) is 0 Å². The molecule has 1 aliphatic heterocycles. The number of carbonyl (C=O) groups is 3. The average molecular weight is 577 g/mol. The number of hydrogen-bond donors (Lipinski definition) is 2. The highest BCUT2D eigenvalue weighted by Gasteiger charge is 2.53. The van der Waals surface area contributed by atoms with Crippen LogP contribution in [0.1, 0.15) is 60.9 Å². The molecule has 1 aromatic heterocycles. The lowest BCUT2D eigenvalue weighted by Crippen LogP contribution is -2.54. The number of thiazole rings is 1. The third-order valence-electron chi connectivity index (χ3n) is 7.69. The Balaban J connectivity index is 1.13. The molecule has 3 aliphatic rings. The zero-order valence-electron chi connectivity index (χ0n) is 22.1. The van der Waals surface area contributed by atoms with Crippen LogP contribution in [0.15, 0.2) is 60.0 Å². The summed E-state index contributed by atoms with van der Waals surface area (Å²) in [6.07, 6.45) is 6.56. The first-order valence-electron chi connectivity index (χ1n) is 13.8. The lowest BCUT2D eigenvalue weighted by atomic mass is 9.93. The van der Waals surface area contributed by atoms with Crippen LogP contribution in [0.3, 0.4) is 0 Å². The van der Waals surface area contributed by atoms with Crippen LogP contribution in [-0.2, 0) is 16.1 Å². The van der Waals surface area contributed by atoms with E-state index in [1.54, 1.807) is 28.8 Å². The Morgan fingerprint density at radius 3 is 2.48 bits per heavy atom. The fraction of sp³-hybridized carbons (Fsp3) is 0.400. The fourth-order valence-electron chi connectivity index (χ4n) is 5.37. The zero-order valence-corrected chi connectivity index (χ0v) is 23.8. The van der Waals surface area contributed by atoms with E-state index < -0.39 is 17.0 Å². The van der Waals surface area contributed by atoms with Gasteiger partial charge in [0, 0.05) is 28.3 Å². The molecule has 2 heterocycles. The molecule has 0 bridgehead atoms. The van der Waals surface area contributed by atoms with E-state index in [2.05, 4.69) is 15.6 Å². The van der Waals surface area contributed by atoms with Crippen molar-refractivity contribution in [2.75, 3.05) is 11.1 Å². The molecule has 3 fully saturated rings. The summed E-state index contributed by atoms with van der Waals surface area (Å²) in [5, 5.41) is 8.30. The molecule has 3 amide bonds. The molecular weight excluding hydrogens is 544 g/mol. The third-order valence-corrected chi connectivity index (χ3v) is 10.1. The van der Waals surface area contributed by atoms with E-state index in [0.717, 1.165) is 61.8 Å². The van der Waals surface area contributed by atoms with Gasteiger partial charge in [0.25, 0.3) is 5.91 Å². The number of thioether (sulfide) groups is 1. The van der Waals surface area contributed by atoms with Gasteiger partial charge in [0.05, 0.1) is 10.6 Å². The Morgan fingerprint density at radius 1 is 1.00 bits per heavy atom. The highest BCUT2D eigenvalue weighted by atomic mass is 32.2. The van der Waals surface area contributed by atoms with E-state index in [1.165, 1.54) is 11.3 Å². The molecule has 0 radical (unpaired) electrons. The Bertz CT molecular complexity index is 1370. The Hall–Kier alpha value is -3.37. The minimum Gasteiger partial charge on any atom is -0.444 e. The summed E-state index contributed by atoms with van der Waals surface area (Å²) < 4.78 is 5.74. The van der Waals surface area contributed by atoms with Crippen LogP contribution >= 0.6 is 23.1 Å². The number of nitrogens with one attached hydrogen (secondary N) is 2. The Labute approximate surface area is 241 Å². The maximum Gasteiger partial charge on any atom is 0.411 e. The van der Waals surface area contributed by atoms with Crippen LogP contribution in [0.4, 0.5) is 9.93 Å². The summed E-state index contributed by atoms with van der Waals surface area (Å²) in [4.78, 5) is 45.2. The van der Waals surface area contributed by atoms with E-state index >= 15 is 0 Å². The lowest BCUT2D eigenvalue weighted by molar-refractivity contribution is -0.121. The molecule has 8 nitrogen and oxygen atoms in total. The SMILES string of the molecule is O=C(NC1CC1)c1ccc(-c2csc(NC(=O)C3CSC4(CCCCC4)N3C(=O)OCc3ccccc3)n2)cc1. The van der Waals surface area contributed by atoms with Gasteiger partial charge in [-0.2, -0.15) is 0 Å². The highest BCUT2D eigenvalue weighted by Crippen LogP contribution is 2.49. The number of hydrogen-bond acceptors (Lipinski definition) is 7. The number of amides is 3. The Morgan fingerprint density at radius 2 is 1.75 bits per heavy atom. The van der Waals surface area contributed by atoms with Crippen molar-refractivity contribution >= 4 is 46.1 Å². The molecule has 6 rings (SSSR count). The zero-order chi connectivity index (χ0) is 27.5. The summed E-state index contributed by atoms with van der Waals surface area (Å²) in [5.41, 5.74) is 3.11. The predicted octanol–water partition coefficient (Wildman–Crippen LogP) is 6.06. The summed E-state index contributed by atoms with van der Waals surface area (Å²) in [6, 6.07) is 16.6. The number of nitrogens with zero attached hydrogens (tertiary/aromatic N) is 2. The molecule has 40 heavy (non-hydrogen) atoms. The average Bonchev–Trinajstić information content (AvgIpc) is 3.55. The standard InChI is InChI=1S/C30H32N4O4S2/c35-26(31-23-13-14-23)22-11-9-21(10-12-22)24-18-39-28(32-24)33-27(36)25-19-40-30(15-5-2-6-16-30)34(25)29(37)38-17-20-7-3-1-4-8-20/h1,3-4,7-12,18,23,25H,2,5-6,13-17,19H2,(H,31,35)(H,32,33,36). The quantitative estimate of drug-likeness (QED) is 0.355. The topological polar surface area (TPSA) is 101 Å². The molecule has 1 spiro atoms. The number of carbonyl (C=O) groups excluding carboxylic acids is 3. The first-order valence-corrected chi connectivity index (χ1v) is 15.7. The number of anilines is 1. The van der Waals surface area contributed by atoms with Crippen molar-refractivity contribution in [1.29, 1.82) is 0 Å². The van der Waals surface area contributed by atoms with E-state index in [4.69, 9.17) is 4.74 Å². The van der Waals surface area contributed by atoms with Gasteiger partial charge in [-0.25, -0.2) is 9.78 Å². The van der Waals surface area contributed by atoms with Crippen LogP contribution in [-0.4, -0.2) is 50.5 Å². The normalized spacial score (nSPS) is 19.8. The smallest absolute Gasteiger partial charge is 0.411 e. The molecule has 1 unspecified atom stereocenters. The second-order valence-electron chi connectivity index (χ2n) is 10.6. The number of rotatable bonds is 7. The van der Waals surface area contributed by atoms with Crippen LogP contribution in [0.5, 0.6) is 0 Å². The number of aromatic nitrogens is 1. The first kappa shape index (κ1) is 26.8. The van der Waals surface area contributed by atoms with Gasteiger partial charge in [-0.3, -0.25) is 14.5 Å². The molecule has 1 saturated heterocycles. The van der Waals surface area contributed by atoms with Crippen LogP contribution in [0, 0.1) is 0 Å². The van der Waals surface area contributed by atoms with Gasteiger partial charge in [0.1, 0.15) is 12.6 Å². The predicted molar refractivity (Wildman–Crippen MR) is 157 cm³/mol. The second-order valence-corrected chi connectivity index (χ2v) is 12.8. The van der Waals surface area contributed by atoms with Crippen molar-refractivity contribution in [3.63, 3.8) is 0 Å². The molecule has 2 aliphatic carbocycles. The molecule has 2 N–H and O–H groups in total. The summed E-state index contributed by atoms with van der Waals surface area (Å²) >= 11 is 3.04. The third kappa shape index (κ3) is 5.88. The fourth-order valence-corrected chi connectivity index (χ4v) is 7.78. The van der Waals surface area contributed by atoms with Crippen molar-refractivity contribution in [3.8, 4) is 11.3 Å². The second kappa shape index (κ2) is 11.6. The van der Waals surface area contributed by atoms with Gasteiger partial charge in [-0.1, -0.05) is 61.7 Å². The molecule has 2 aromatic carbocycles. The molecule has 2 saturated carbocycles. The molecule has 3 aromatic rings. The van der Waals surface area contributed by atoms with E-state index in [-0.39, 0.29) is 18.4 Å². The maximum atomic E-state index is 13.5. The van der Waals surface area contributed by atoms with Gasteiger partial charge in [-0.05, 0) is 43.4 Å². The van der Waals surface area contributed by atoms with Crippen LogP contribution in [0.2, 0.25) is 0 Å². The molecule has 10 heteroatoms. The first-order chi connectivity index (χ1) is 19.5. The van der Waals surface area contributed by atoms with Gasteiger partial charge >= 0.3 is 6.09 Å². The van der Waals surface area contributed by atoms with Crippen molar-refractivity contribution < 1.29 is 19.1 Å². The summed E-state index contributed by atoms with van der Waals surface area (Å²) in [6.45, 7) is 0.169. The highest BCUT2D eigenvalue weighted by molar-refractivity contribution is 8.01. The van der Waals surface area contributed by atoms with Gasteiger partial charge in [0.15, 0.2) is 5.13 Å². The maximum absolute atomic E-state index is 13.5. The number of ether oxygens (including phenoxy) is 1. The summed E-state index contributed by atoms with van der Waals surface area (Å²) in [5.74, 6) is 0.214. The van der Waals surface area contributed by atoms with E-state index in [1.807, 2.05) is 47.8 Å². The molecule has 208 valence electrons. The summed E-state index contributed by atoms with van der Waals surface area (Å²) in [7, 11) is 0. The molecule has 1 atom stereocenters. The van der Waals surface area contributed by atoms with Crippen molar-refractivity contribution in [1.82, 2.24) is 15.2 Å². The van der Waals surface area contributed by atoms with Gasteiger partial charge in [-0.15, -0.1) is 23.1 Å². The van der Waals surface area contributed by atoms with Crippen LogP contribution in [0.25, 0.3) is 11.3 Å². The van der Waals surface area contributed by atoms with E-state index in [9.17, 15) is 14.4 Å². The monoisotopic (exact) mass is 576 g/mol. The van der Waals surface area contributed by atoms with Crippen molar-refractivity contribution in [3.05, 3.63) is 71.1 Å². The van der Waals surface area contributed by atoms with Gasteiger partial charge in [0.2, 0.25) is 5.91 Å². The van der Waals surface area contributed by atoms with Gasteiger partial charge < -0.3 is 15.4 Å². The Kier molecular flexibility index (Phi) is 7.80. The lowest BCUT2D eigenvalue weighted by Gasteiger charge is -2.41. The minimum absolute atomic E-state index is 0.0581. The minimum atomic E-state index is -0.636. The van der Waals surface area contributed by atoms with E-state index in [0.29, 0.717) is 22.5 Å². The number of benzene rings is 2. The van der Waals surface area contributed by atoms with Crippen molar-refractivity contribution in [2.45, 2.75) is 68.5 Å². The van der Waals surface area contributed by atoms with Crippen LogP contribution < -0.4 is 10.6 Å². The molecular formula is C30H32N4O4S2. The largest absolute Gasteiger partial charge is 0.444 e.